The lowest BCUT2D eigenvalue weighted by molar-refractivity contribution is 0.0906. The molecule has 2 aromatic rings. The van der Waals surface area contributed by atoms with Crippen molar-refractivity contribution in [3.8, 4) is 0 Å². The molecule has 3 rings (SSSR count). The molecule has 0 bridgehead atoms. The molecular weight excluding hydrogens is 318 g/mol. The molecular formula is C20H23NO2S. The Labute approximate surface area is 147 Å². The molecule has 0 aliphatic heterocycles. The Morgan fingerprint density at radius 2 is 1.83 bits per heavy atom. The van der Waals surface area contributed by atoms with E-state index in [1.807, 2.05) is 42.5 Å². The van der Waals surface area contributed by atoms with Gasteiger partial charge in [-0.15, -0.1) is 11.8 Å². The minimum absolute atomic E-state index is 0.0349. The predicted molar refractivity (Wildman–Crippen MR) is 98.3 cm³/mol. The molecule has 3 nitrogen and oxygen atoms in total. The topological polar surface area (TPSA) is 38.3 Å². The summed E-state index contributed by atoms with van der Waals surface area (Å²) in [6, 6.07) is 18.2. The van der Waals surface area contributed by atoms with E-state index in [9.17, 15) is 4.79 Å². The SMILES string of the molecule is O=C(NCCOCC1CC1)c1ccc(CSc2ccccc2)cc1. The van der Waals surface area contributed by atoms with E-state index in [0.29, 0.717) is 18.7 Å². The summed E-state index contributed by atoms with van der Waals surface area (Å²) in [5.41, 5.74) is 1.92. The first-order chi connectivity index (χ1) is 11.8. The molecule has 1 saturated carbocycles. The van der Waals surface area contributed by atoms with Crippen LogP contribution in [0.2, 0.25) is 0 Å². The van der Waals surface area contributed by atoms with Gasteiger partial charge in [0.25, 0.3) is 5.91 Å². The lowest BCUT2D eigenvalue weighted by atomic mass is 10.1. The molecule has 0 atom stereocenters. The Hall–Kier alpha value is -1.78. The Morgan fingerprint density at radius 3 is 2.54 bits per heavy atom. The lowest BCUT2D eigenvalue weighted by Gasteiger charge is -2.07. The molecule has 4 heteroatoms. The molecule has 0 heterocycles. The van der Waals surface area contributed by atoms with Gasteiger partial charge in [0, 0.05) is 29.4 Å². The van der Waals surface area contributed by atoms with Gasteiger partial charge in [0.1, 0.15) is 0 Å². The van der Waals surface area contributed by atoms with Crippen molar-refractivity contribution in [3.63, 3.8) is 0 Å². The zero-order valence-corrected chi connectivity index (χ0v) is 14.6. The maximum Gasteiger partial charge on any atom is 0.251 e. The Bertz CT molecular complexity index is 638. The van der Waals surface area contributed by atoms with Crippen molar-refractivity contribution in [1.29, 1.82) is 0 Å². The van der Waals surface area contributed by atoms with Crippen LogP contribution in [-0.2, 0) is 10.5 Å². The largest absolute Gasteiger partial charge is 0.379 e. The van der Waals surface area contributed by atoms with Gasteiger partial charge < -0.3 is 10.1 Å². The molecule has 0 radical (unpaired) electrons. The van der Waals surface area contributed by atoms with Gasteiger partial charge >= 0.3 is 0 Å². The standard InChI is InChI=1S/C20H23NO2S/c22-20(21-12-13-23-14-16-6-7-16)18-10-8-17(9-11-18)15-24-19-4-2-1-3-5-19/h1-5,8-11,16H,6-7,12-15H2,(H,21,22). The highest BCUT2D eigenvalue weighted by atomic mass is 32.2. The average molecular weight is 341 g/mol. The number of carbonyl (C=O) groups excluding carboxylic acids is 1. The van der Waals surface area contributed by atoms with Gasteiger partial charge in [0.2, 0.25) is 0 Å². The summed E-state index contributed by atoms with van der Waals surface area (Å²) in [5, 5.41) is 2.90. The summed E-state index contributed by atoms with van der Waals surface area (Å²) in [7, 11) is 0. The average Bonchev–Trinajstić information content (AvgIpc) is 3.45. The van der Waals surface area contributed by atoms with Crippen molar-refractivity contribution in [2.75, 3.05) is 19.8 Å². The van der Waals surface area contributed by atoms with Crippen LogP contribution < -0.4 is 5.32 Å². The lowest BCUT2D eigenvalue weighted by Crippen LogP contribution is -2.27. The van der Waals surface area contributed by atoms with Crippen molar-refractivity contribution in [2.45, 2.75) is 23.5 Å². The molecule has 2 aromatic carbocycles. The molecule has 1 fully saturated rings. The maximum atomic E-state index is 12.1. The number of benzene rings is 2. The number of amides is 1. The summed E-state index contributed by atoms with van der Waals surface area (Å²) >= 11 is 1.80. The third-order valence-corrected chi connectivity index (χ3v) is 5.03. The Morgan fingerprint density at radius 1 is 1.08 bits per heavy atom. The molecule has 0 saturated heterocycles. The number of nitrogens with one attached hydrogen (secondary N) is 1. The number of hydrogen-bond acceptors (Lipinski definition) is 3. The summed E-state index contributed by atoms with van der Waals surface area (Å²) in [6.07, 6.45) is 2.59. The van der Waals surface area contributed by atoms with E-state index in [-0.39, 0.29) is 5.91 Å². The number of hydrogen-bond donors (Lipinski definition) is 1. The second-order valence-electron chi connectivity index (χ2n) is 6.07. The van der Waals surface area contributed by atoms with Crippen molar-refractivity contribution < 1.29 is 9.53 Å². The van der Waals surface area contributed by atoms with Crippen LogP contribution in [0, 0.1) is 5.92 Å². The van der Waals surface area contributed by atoms with Crippen LogP contribution in [0.25, 0.3) is 0 Å². The van der Waals surface area contributed by atoms with E-state index in [0.717, 1.165) is 18.3 Å². The molecule has 1 amide bonds. The van der Waals surface area contributed by atoms with Gasteiger partial charge in [-0.25, -0.2) is 0 Å². The zero-order valence-electron chi connectivity index (χ0n) is 13.7. The number of rotatable bonds is 9. The van der Waals surface area contributed by atoms with Crippen LogP contribution >= 0.6 is 11.8 Å². The molecule has 126 valence electrons. The molecule has 1 aliphatic rings. The molecule has 0 unspecified atom stereocenters. The smallest absolute Gasteiger partial charge is 0.251 e. The van der Waals surface area contributed by atoms with Crippen LogP contribution in [0.3, 0.4) is 0 Å². The summed E-state index contributed by atoms with van der Waals surface area (Å²) in [5.74, 6) is 1.63. The second-order valence-corrected chi connectivity index (χ2v) is 7.12. The van der Waals surface area contributed by atoms with Gasteiger partial charge in [-0.1, -0.05) is 30.3 Å². The first-order valence-corrected chi connectivity index (χ1v) is 9.42. The normalized spacial score (nSPS) is 13.7. The van der Waals surface area contributed by atoms with Crippen molar-refractivity contribution in [2.24, 2.45) is 5.92 Å². The highest BCUT2D eigenvalue weighted by molar-refractivity contribution is 7.98. The second kappa shape index (κ2) is 8.90. The Balaban J connectivity index is 1.38. The fraction of sp³-hybridized carbons (Fsp3) is 0.350. The minimum atomic E-state index is -0.0349. The van der Waals surface area contributed by atoms with Crippen LogP contribution in [-0.4, -0.2) is 25.7 Å². The number of thioether (sulfide) groups is 1. The molecule has 0 aromatic heterocycles. The van der Waals surface area contributed by atoms with Gasteiger partial charge in [-0.05, 0) is 48.6 Å². The first kappa shape index (κ1) is 17.1. The van der Waals surface area contributed by atoms with E-state index in [4.69, 9.17) is 4.74 Å². The van der Waals surface area contributed by atoms with E-state index in [1.54, 1.807) is 11.8 Å². The highest BCUT2D eigenvalue weighted by Gasteiger charge is 2.20. The van der Waals surface area contributed by atoms with Gasteiger partial charge in [0.15, 0.2) is 0 Å². The van der Waals surface area contributed by atoms with Crippen molar-refractivity contribution in [1.82, 2.24) is 5.32 Å². The quantitative estimate of drug-likeness (QED) is 0.550. The number of carbonyl (C=O) groups is 1. The molecule has 0 spiro atoms. The summed E-state index contributed by atoms with van der Waals surface area (Å²) < 4.78 is 5.52. The van der Waals surface area contributed by atoms with Crippen LogP contribution in [0.15, 0.2) is 59.5 Å². The molecule has 24 heavy (non-hydrogen) atoms. The van der Waals surface area contributed by atoms with Crippen LogP contribution in [0.4, 0.5) is 0 Å². The van der Waals surface area contributed by atoms with Gasteiger partial charge in [-0.2, -0.15) is 0 Å². The van der Waals surface area contributed by atoms with Crippen molar-refractivity contribution in [3.05, 3.63) is 65.7 Å². The number of ether oxygens (including phenoxy) is 1. The first-order valence-electron chi connectivity index (χ1n) is 8.44. The van der Waals surface area contributed by atoms with Gasteiger partial charge in [0.05, 0.1) is 6.61 Å². The van der Waals surface area contributed by atoms with E-state index in [1.165, 1.54) is 23.3 Å². The monoisotopic (exact) mass is 341 g/mol. The molecule has 1 aliphatic carbocycles. The molecule has 1 N–H and O–H groups in total. The minimum Gasteiger partial charge on any atom is -0.379 e. The fourth-order valence-electron chi connectivity index (χ4n) is 2.31. The highest BCUT2D eigenvalue weighted by Crippen LogP contribution is 2.28. The van der Waals surface area contributed by atoms with E-state index < -0.39 is 0 Å². The fourth-order valence-corrected chi connectivity index (χ4v) is 3.18. The van der Waals surface area contributed by atoms with Crippen LogP contribution in [0.1, 0.15) is 28.8 Å². The predicted octanol–water partition coefficient (Wildman–Crippen LogP) is 4.14. The van der Waals surface area contributed by atoms with Crippen molar-refractivity contribution >= 4 is 17.7 Å². The van der Waals surface area contributed by atoms with Gasteiger partial charge in [-0.3, -0.25) is 4.79 Å². The Kier molecular flexibility index (Phi) is 6.33. The van der Waals surface area contributed by atoms with Crippen LogP contribution in [0.5, 0.6) is 0 Å². The summed E-state index contributed by atoms with van der Waals surface area (Å²) in [6.45, 7) is 1.99. The maximum absolute atomic E-state index is 12.1. The third kappa shape index (κ3) is 5.69. The van der Waals surface area contributed by atoms with E-state index >= 15 is 0 Å². The van der Waals surface area contributed by atoms with E-state index in [2.05, 4.69) is 17.4 Å². The summed E-state index contributed by atoms with van der Waals surface area (Å²) in [4.78, 5) is 13.3. The third-order valence-electron chi connectivity index (χ3n) is 3.95. The zero-order chi connectivity index (χ0) is 16.6.